The van der Waals surface area contributed by atoms with Crippen molar-refractivity contribution in [2.24, 2.45) is 0 Å². The quantitative estimate of drug-likeness (QED) is 0.406. The number of carbonyl (C=O) groups excluding carboxylic acids is 3. The predicted molar refractivity (Wildman–Crippen MR) is 148 cm³/mol. The van der Waals surface area contributed by atoms with E-state index in [2.05, 4.69) is 15.6 Å². The maximum atomic E-state index is 13.6. The highest BCUT2D eigenvalue weighted by Gasteiger charge is 2.44. The van der Waals surface area contributed by atoms with Crippen LogP contribution in [0.15, 0.2) is 30.5 Å². The van der Waals surface area contributed by atoms with Gasteiger partial charge in [0, 0.05) is 24.0 Å². The summed E-state index contributed by atoms with van der Waals surface area (Å²) in [4.78, 5) is 45.0. The molecule has 2 fully saturated rings. The van der Waals surface area contributed by atoms with E-state index >= 15 is 0 Å². The number of aromatic nitrogens is 1. The molecule has 0 radical (unpaired) electrons. The lowest BCUT2D eigenvalue weighted by atomic mass is 10.0. The SMILES string of the molecule is CCC[C@H](NC(=O)[C@@H]1C[C@@H](Oc2nccc3cc(OC)ccc23)CN1C(=O)OC(C)(C)C)C(O)C(=O)NC1CC1. The molecular formula is C29H40N4O7. The summed E-state index contributed by atoms with van der Waals surface area (Å²) >= 11 is 0. The first-order valence-electron chi connectivity index (χ1n) is 13.9. The summed E-state index contributed by atoms with van der Waals surface area (Å²) in [7, 11) is 1.60. The lowest BCUT2D eigenvalue weighted by molar-refractivity contribution is -0.133. The number of carbonyl (C=O) groups is 3. The zero-order chi connectivity index (χ0) is 29.0. The number of methoxy groups -OCH3 is 1. The van der Waals surface area contributed by atoms with E-state index in [1.165, 1.54) is 4.90 Å². The molecule has 218 valence electrons. The van der Waals surface area contributed by atoms with Gasteiger partial charge in [-0.2, -0.15) is 0 Å². The normalized spacial score (nSPS) is 20.5. The minimum atomic E-state index is -1.40. The number of pyridine rings is 1. The molecule has 1 aliphatic carbocycles. The van der Waals surface area contributed by atoms with Crippen LogP contribution in [0.3, 0.4) is 0 Å². The second kappa shape index (κ2) is 12.3. The van der Waals surface area contributed by atoms with Gasteiger partial charge in [0.05, 0.1) is 19.7 Å². The fourth-order valence-electron chi connectivity index (χ4n) is 4.76. The number of ether oxygens (including phenoxy) is 3. The van der Waals surface area contributed by atoms with Crippen LogP contribution in [0, 0.1) is 0 Å². The van der Waals surface area contributed by atoms with Crippen molar-refractivity contribution in [3.8, 4) is 11.6 Å². The van der Waals surface area contributed by atoms with Crippen molar-refractivity contribution in [1.82, 2.24) is 20.5 Å². The average molecular weight is 557 g/mol. The Kier molecular flexibility index (Phi) is 9.02. The standard InChI is InChI=1S/C29H40N4O7/c1-6-7-22(24(34)26(36)31-18-8-9-18)32-25(35)23-15-20(16-33(23)28(37)40-29(2,3)4)39-27-21-11-10-19(38-5)14-17(21)12-13-30-27/h10-14,18,20,22-24,34H,6-9,15-16H2,1-5H3,(H,31,36)(H,32,35)/t20-,22+,23+,24?/m1/s1. The third-order valence-corrected chi connectivity index (χ3v) is 6.91. The summed E-state index contributed by atoms with van der Waals surface area (Å²) in [5.41, 5.74) is -0.769. The molecule has 1 aliphatic heterocycles. The molecule has 2 aromatic rings. The smallest absolute Gasteiger partial charge is 0.411 e. The minimum absolute atomic E-state index is 0.0827. The molecule has 2 aliphatic rings. The molecule has 4 atom stereocenters. The highest BCUT2D eigenvalue weighted by molar-refractivity contribution is 5.89. The Morgan fingerprint density at radius 3 is 2.60 bits per heavy atom. The number of likely N-dealkylation sites (tertiary alicyclic amines) is 1. The Labute approximate surface area is 234 Å². The van der Waals surface area contributed by atoms with Crippen molar-refractivity contribution in [2.45, 2.75) is 95.7 Å². The van der Waals surface area contributed by atoms with Crippen LogP contribution in [0.25, 0.3) is 10.8 Å². The van der Waals surface area contributed by atoms with Gasteiger partial charge >= 0.3 is 6.09 Å². The molecular weight excluding hydrogens is 516 g/mol. The van der Waals surface area contributed by atoms with Crippen LogP contribution < -0.4 is 20.1 Å². The highest BCUT2D eigenvalue weighted by atomic mass is 16.6. The molecule has 1 aromatic carbocycles. The molecule has 3 amide bonds. The van der Waals surface area contributed by atoms with Gasteiger partial charge in [-0.05, 0) is 69.7 Å². The van der Waals surface area contributed by atoms with Crippen LogP contribution in [-0.2, 0) is 14.3 Å². The summed E-state index contributed by atoms with van der Waals surface area (Å²) in [6.07, 6.45) is 2.03. The van der Waals surface area contributed by atoms with E-state index in [1.54, 1.807) is 34.1 Å². The summed E-state index contributed by atoms with van der Waals surface area (Å²) in [6, 6.07) is 5.75. The van der Waals surface area contributed by atoms with Crippen molar-refractivity contribution in [2.75, 3.05) is 13.7 Å². The fourth-order valence-corrected chi connectivity index (χ4v) is 4.76. The Balaban J connectivity index is 1.53. The molecule has 3 N–H and O–H groups in total. The molecule has 1 unspecified atom stereocenters. The van der Waals surface area contributed by atoms with Gasteiger partial charge in [0.15, 0.2) is 6.10 Å². The maximum absolute atomic E-state index is 13.6. The first-order valence-corrected chi connectivity index (χ1v) is 13.9. The lowest BCUT2D eigenvalue weighted by Gasteiger charge is -2.29. The third-order valence-electron chi connectivity index (χ3n) is 6.91. The van der Waals surface area contributed by atoms with E-state index in [-0.39, 0.29) is 19.0 Å². The first kappa shape index (κ1) is 29.4. The molecule has 11 heteroatoms. The number of hydrogen-bond acceptors (Lipinski definition) is 8. The van der Waals surface area contributed by atoms with E-state index in [1.807, 2.05) is 31.2 Å². The van der Waals surface area contributed by atoms with E-state index in [4.69, 9.17) is 14.2 Å². The van der Waals surface area contributed by atoms with E-state index in [9.17, 15) is 19.5 Å². The number of nitrogens with one attached hydrogen (secondary N) is 2. The number of hydrogen-bond donors (Lipinski definition) is 3. The molecule has 2 heterocycles. The van der Waals surface area contributed by atoms with Crippen LogP contribution in [-0.4, -0.2) is 82.5 Å². The van der Waals surface area contributed by atoms with Crippen molar-refractivity contribution >= 4 is 28.7 Å². The van der Waals surface area contributed by atoms with Crippen molar-refractivity contribution in [1.29, 1.82) is 0 Å². The molecule has 0 bridgehead atoms. The number of aliphatic hydroxyl groups is 1. The molecule has 4 rings (SSSR count). The largest absolute Gasteiger partial charge is 0.497 e. The molecule has 11 nitrogen and oxygen atoms in total. The predicted octanol–water partition coefficient (Wildman–Crippen LogP) is 2.92. The second-order valence-corrected chi connectivity index (χ2v) is 11.5. The number of amides is 3. The number of rotatable bonds is 10. The highest BCUT2D eigenvalue weighted by Crippen LogP contribution is 2.31. The van der Waals surface area contributed by atoms with Crippen LogP contribution in [0.2, 0.25) is 0 Å². The topological polar surface area (TPSA) is 139 Å². The maximum Gasteiger partial charge on any atom is 0.411 e. The average Bonchev–Trinajstić information content (AvgIpc) is 3.62. The van der Waals surface area contributed by atoms with Gasteiger partial charge in [0.1, 0.15) is 23.5 Å². The molecule has 1 aromatic heterocycles. The lowest BCUT2D eigenvalue weighted by Crippen LogP contribution is -2.55. The Morgan fingerprint density at radius 1 is 1.20 bits per heavy atom. The van der Waals surface area contributed by atoms with Gasteiger partial charge in [0.2, 0.25) is 11.8 Å². The van der Waals surface area contributed by atoms with Crippen molar-refractivity contribution < 1.29 is 33.7 Å². The van der Waals surface area contributed by atoms with Gasteiger partial charge in [-0.3, -0.25) is 14.5 Å². The number of fused-ring (bicyclic) bond motifs is 1. The second-order valence-electron chi connectivity index (χ2n) is 11.5. The number of benzene rings is 1. The number of nitrogens with zero attached hydrogens (tertiary/aromatic N) is 2. The Hall–Kier alpha value is -3.60. The molecule has 1 saturated heterocycles. The molecule has 0 spiro atoms. The van der Waals surface area contributed by atoms with E-state index < -0.39 is 47.8 Å². The van der Waals surface area contributed by atoms with Crippen LogP contribution in [0.4, 0.5) is 4.79 Å². The Bertz CT molecular complexity index is 1230. The monoisotopic (exact) mass is 556 g/mol. The van der Waals surface area contributed by atoms with Gasteiger partial charge in [-0.15, -0.1) is 0 Å². The van der Waals surface area contributed by atoms with Crippen molar-refractivity contribution in [3.63, 3.8) is 0 Å². The molecule has 40 heavy (non-hydrogen) atoms. The zero-order valence-corrected chi connectivity index (χ0v) is 23.8. The van der Waals surface area contributed by atoms with Crippen molar-refractivity contribution in [3.05, 3.63) is 30.5 Å². The van der Waals surface area contributed by atoms with Crippen LogP contribution in [0.5, 0.6) is 11.6 Å². The van der Waals surface area contributed by atoms with Gasteiger partial charge < -0.3 is 30.0 Å². The van der Waals surface area contributed by atoms with Crippen LogP contribution in [0.1, 0.15) is 59.8 Å². The summed E-state index contributed by atoms with van der Waals surface area (Å²) < 4.78 is 17.2. The zero-order valence-electron chi connectivity index (χ0n) is 23.8. The Morgan fingerprint density at radius 2 is 1.95 bits per heavy atom. The summed E-state index contributed by atoms with van der Waals surface area (Å²) in [5, 5.41) is 18.0. The summed E-state index contributed by atoms with van der Waals surface area (Å²) in [5.74, 6) is 0.0974. The number of aliphatic hydroxyl groups excluding tert-OH is 1. The van der Waals surface area contributed by atoms with E-state index in [0.29, 0.717) is 24.5 Å². The van der Waals surface area contributed by atoms with Crippen LogP contribution >= 0.6 is 0 Å². The third kappa shape index (κ3) is 7.32. The summed E-state index contributed by atoms with van der Waals surface area (Å²) in [6.45, 7) is 7.27. The minimum Gasteiger partial charge on any atom is -0.497 e. The molecule has 1 saturated carbocycles. The van der Waals surface area contributed by atoms with Gasteiger partial charge in [0.25, 0.3) is 5.91 Å². The fraction of sp³-hybridized carbons (Fsp3) is 0.586. The van der Waals surface area contributed by atoms with E-state index in [0.717, 1.165) is 23.6 Å². The van der Waals surface area contributed by atoms with Gasteiger partial charge in [-0.25, -0.2) is 9.78 Å². The van der Waals surface area contributed by atoms with Gasteiger partial charge in [-0.1, -0.05) is 13.3 Å². The first-order chi connectivity index (χ1) is 19.0.